The van der Waals surface area contributed by atoms with Crippen molar-refractivity contribution in [3.05, 3.63) is 11.6 Å². The third kappa shape index (κ3) is 0.962. The van der Waals surface area contributed by atoms with Crippen LogP contribution in [0.1, 0.15) is 44.9 Å². The lowest BCUT2D eigenvalue weighted by Gasteiger charge is -2.18. The summed E-state index contributed by atoms with van der Waals surface area (Å²) in [6.07, 6.45) is 10.9. The van der Waals surface area contributed by atoms with Crippen molar-refractivity contribution in [2.45, 2.75) is 44.9 Å². The Hall–Kier alpha value is -0.590. The highest BCUT2D eigenvalue weighted by Crippen LogP contribution is 2.61. The second-order valence-electron chi connectivity index (χ2n) is 4.89. The van der Waals surface area contributed by atoms with Gasteiger partial charge in [0.2, 0.25) is 0 Å². The van der Waals surface area contributed by atoms with Gasteiger partial charge in [0.15, 0.2) is 5.78 Å². The fourth-order valence-corrected chi connectivity index (χ4v) is 3.23. The van der Waals surface area contributed by atoms with Crippen LogP contribution in [0.4, 0.5) is 0 Å². The van der Waals surface area contributed by atoms with Gasteiger partial charge in [-0.15, -0.1) is 0 Å². The molecule has 1 heteroatoms. The molecule has 1 atom stereocenters. The molecule has 0 heterocycles. The Bertz CT molecular complexity index is 283. The SMILES string of the molecule is O=C1C=C2CCCCCC2C12CC2. The summed E-state index contributed by atoms with van der Waals surface area (Å²) in [6.45, 7) is 0. The summed E-state index contributed by atoms with van der Waals surface area (Å²) in [5.41, 5.74) is 1.65. The second-order valence-corrected chi connectivity index (χ2v) is 4.89. The number of allylic oxidation sites excluding steroid dienone is 2. The molecule has 0 aromatic heterocycles. The molecule has 0 aromatic rings. The van der Waals surface area contributed by atoms with Crippen LogP contribution in [0.25, 0.3) is 0 Å². The summed E-state index contributed by atoms with van der Waals surface area (Å²) in [5, 5.41) is 0. The van der Waals surface area contributed by atoms with E-state index in [1.165, 1.54) is 50.5 Å². The first-order valence-corrected chi connectivity index (χ1v) is 5.58. The van der Waals surface area contributed by atoms with Crippen LogP contribution < -0.4 is 0 Å². The van der Waals surface area contributed by atoms with Crippen molar-refractivity contribution in [3.8, 4) is 0 Å². The van der Waals surface area contributed by atoms with Crippen LogP contribution in [0.5, 0.6) is 0 Å². The molecule has 1 unspecified atom stereocenters. The van der Waals surface area contributed by atoms with Crippen molar-refractivity contribution in [1.29, 1.82) is 0 Å². The monoisotopic (exact) mass is 176 g/mol. The molecular formula is C12H16O. The Morgan fingerprint density at radius 2 is 2.08 bits per heavy atom. The van der Waals surface area contributed by atoms with Crippen LogP contribution in [0, 0.1) is 11.3 Å². The van der Waals surface area contributed by atoms with Crippen LogP contribution >= 0.6 is 0 Å². The summed E-state index contributed by atoms with van der Waals surface area (Å²) < 4.78 is 0. The van der Waals surface area contributed by atoms with E-state index in [9.17, 15) is 4.79 Å². The Morgan fingerprint density at radius 1 is 1.23 bits per heavy atom. The number of fused-ring (bicyclic) bond motifs is 2. The number of carbonyl (C=O) groups excluding carboxylic acids is 1. The Morgan fingerprint density at radius 3 is 2.85 bits per heavy atom. The highest BCUT2D eigenvalue weighted by atomic mass is 16.1. The molecule has 3 rings (SSSR count). The topological polar surface area (TPSA) is 17.1 Å². The molecule has 0 N–H and O–H groups in total. The largest absolute Gasteiger partial charge is 0.294 e. The minimum atomic E-state index is 0.152. The average molecular weight is 176 g/mol. The van der Waals surface area contributed by atoms with Gasteiger partial charge in [0, 0.05) is 5.41 Å². The molecule has 0 aromatic carbocycles. The Labute approximate surface area is 79.2 Å². The molecule has 1 nitrogen and oxygen atoms in total. The zero-order valence-corrected chi connectivity index (χ0v) is 8.01. The zero-order chi connectivity index (χ0) is 8.89. The number of hydrogen-bond acceptors (Lipinski definition) is 1. The third-order valence-electron chi connectivity index (χ3n) is 4.17. The Kier molecular flexibility index (Phi) is 1.47. The molecule has 2 saturated carbocycles. The van der Waals surface area contributed by atoms with E-state index in [2.05, 4.69) is 0 Å². The number of hydrogen-bond donors (Lipinski definition) is 0. The van der Waals surface area contributed by atoms with Crippen molar-refractivity contribution in [2.75, 3.05) is 0 Å². The maximum absolute atomic E-state index is 11.8. The fraction of sp³-hybridized carbons (Fsp3) is 0.750. The van der Waals surface area contributed by atoms with Crippen LogP contribution in [0.15, 0.2) is 11.6 Å². The fourth-order valence-electron chi connectivity index (χ4n) is 3.23. The summed E-state index contributed by atoms with van der Waals surface area (Å²) in [6, 6.07) is 0. The van der Waals surface area contributed by atoms with Gasteiger partial charge in [-0.1, -0.05) is 18.4 Å². The third-order valence-corrected chi connectivity index (χ3v) is 4.17. The van der Waals surface area contributed by atoms with Gasteiger partial charge in [0.1, 0.15) is 0 Å². The summed E-state index contributed by atoms with van der Waals surface area (Å²) in [7, 11) is 0. The molecule has 3 aliphatic rings. The maximum Gasteiger partial charge on any atom is 0.162 e. The van der Waals surface area contributed by atoms with Crippen molar-refractivity contribution >= 4 is 5.78 Å². The molecule has 13 heavy (non-hydrogen) atoms. The van der Waals surface area contributed by atoms with Gasteiger partial charge in [-0.05, 0) is 44.1 Å². The summed E-state index contributed by atoms with van der Waals surface area (Å²) >= 11 is 0. The summed E-state index contributed by atoms with van der Waals surface area (Å²) in [5.74, 6) is 1.14. The predicted molar refractivity (Wildman–Crippen MR) is 51.3 cm³/mol. The zero-order valence-electron chi connectivity index (χ0n) is 8.01. The van der Waals surface area contributed by atoms with Crippen LogP contribution in [-0.4, -0.2) is 5.78 Å². The standard InChI is InChI=1S/C12H16O/c13-11-8-9-4-2-1-3-5-10(9)12(11)6-7-12/h8,10H,1-7H2. The van der Waals surface area contributed by atoms with Gasteiger partial charge in [-0.2, -0.15) is 0 Å². The summed E-state index contributed by atoms with van der Waals surface area (Å²) in [4.78, 5) is 11.8. The molecule has 3 aliphatic carbocycles. The minimum Gasteiger partial charge on any atom is -0.294 e. The molecule has 70 valence electrons. The van der Waals surface area contributed by atoms with Crippen LogP contribution in [0.2, 0.25) is 0 Å². The van der Waals surface area contributed by atoms with E-state index in [4.69, 9.17) is 0 Å². The molecule has 0 aliphatic heterocycles. The smallest absolute Gasteiger partial charge is 0.162 e. The maximum atomic E-state index is 11.8. The van der Waals surface area contributed by atoms with Crippen LogP contribution in [-0.2, 0) is 4.79 Å². The highest BCUT2D eigenvalue weighted by Gasteiger charge is 2.58. The molecule has 0 amide bonds. The van der Waals surface area contributed by atoms with Gasteiger partial charge < -0.3 is 0 Å². The second kappa shape index (κ2) is 2.46. The lowest BCUT2D eigenvalue weighted by molar-refractivity contribution is -0.119. The number of carbonyl (C=O) groups is 1. The molecule has 1 spiro atoms. The van der Waals surface area contributed by atoms with Crippen molar-refractivity contribution in [2.24, 2.45) is 11.3 Å². The highest BCUT2D eigenvalue weighted by molar-refractivity contribution is 6.00. The van der Waals surface area contributed by atoms with E-state index >= 15 is 0 Å². The van der Waals surface area contributed by atoms with Gasteiger partial charge in [0.25, 0.3) is 0 Å². The van der Waals surface area contributed by atoms with E-state index in [1.54, 1.807) is 0 Å². The molecule has 0 saturated heterocycles. The first kappa shape index (κ1) is 7.78. The lowest BCUT2D eigenvalue weighted by atomic mass is 9.84. The van der Waals surface area contributed by atoms with Crippen molar-refractivity contribution in [3.63, 3.8) is 0 Å². The lowest BCUT2D eigenvalue weighted by Crippen LogP contribution is -2.18. The molecular weight excluding hydrogens is 160 g/mol. The number of ketones is 1. The van der Waals surface area contributed by atoms with E-state index in [0.717, 1.165) is 0 Å². The molecule has 2 fully saturated rings. The molecule has 0 radical (unpaired) electrons. The predicted octanol–water partition coefficient (Wildman–Crippen LogP) is 2.86. The quantitative estimate of drug-likeness (QED) is 0.554. The van der Waals surface area contributed by atoms with Crippen molar-refractivity contribution in [1.82, 2.24) is 0 Å². The van der Waals surface area contributed by atoms with E-state index in [0.29, 0.717) is 11.7 Å². The van der Waals surface area contributed by atoms with Gasteiger partial charge >= 0.3 is 0 Å². The first-order chi connectivity index (χ1) is 6.33. The average Bonchev–Trinajstić information content (AvgIpc) is 2.84. The van der Waals surface area contributed by atoms with Gasteiger partial charge in [-0.25, -0.2) is 0 Å². The normalized spacial score (nSPS) is 35.5. The van der Waals surface area contributed by atoms with E-state index < -0.39 is 0 Å². The minimum absolute atomic E-state index is 0.152. The van der Waals surface area contributed by atoms with Crippen LogP contribution in [0.3, 0.4) is 0 Å². The van der Waals surface area contributed by atoms with Gasteiger partial charge in [-0.3, -0.25) is 4.79 Å². The van der Waals surface area contributed by atoms with Gasteiger partial charge in [0.05, 0.1) is 0 Å². The first-order valence-electron chi connectivity index (χ1n) is 5.58. The van der Waals surface area contributed by atoms with Crippen molar-refractivity contribution < 1.29 is 4.79 Å². The number of rotatable bonds is 0. The van der Waals surface area contributed by atoms with E-state index in [1.807, 2.05) is 6.08 Å². The molecule has 0 bridgehead atoms. The van der Waals surface area contributed by atoms with E-state index in [-0.39, 0.29) is 5.41 Å². The Balaban J connectivity index is 1.94.